The number of aromatic amines is 1. The Morgan fingerprint density at radius 2 is 2.07 bits per heavy atom. The number of aliphatic imine (C=N–C) groups is 1. The van der Waals surface area contributed by atoms with E-state index in [1.54, 1.807) is 9.80 Å². The molecule has 0 saturated heterocycles. The summed E-state index contributed by atoms with van der Waals surface area (Å²) in [5.41, 5.74) is 2.42. The van der Waals surface area contributed by atoms with Gasteiger partial charge in [-0.1, -0.05) is 38.1 Å². The number of hydrogen-bond donors (Lipinski definition) is 2. The Morgan fingerprint density at radius 3 is 2.72 bits per heavy atom. The van der Waals surface area contributed by atoms with Gasteiger partial charge in [0, 0.05) is 18.2 Å². The maximum absolute atomic E-state index is 13.0. The molecule has 2 aromatic rings. The number of carboxylic acids is 1. The Morgan fingerprint density at radius 1 is 1.31 bits per heavy atom. The molecule has 4 rings (SSSR count). The Labute approximate surface area is 168 Å². The number of carbonyl (C=O) groups excluding carboxylic acids is 1. The third kappa shape index (κ3) is 3.41. The summed E-state index contributed by atoms with van der Waals surface area (Å²) in [7, 11) is 0. The third-order valence-corrected chi connectivity index (χ3v) is 5.10. The first-order valence-electron chi connectivity index (χ1n) is 9.80. The molecule has 0 spiro atoms. The highest BCUT2D eigenvalue weighted by Crippen LogP contribution is 2.33. The normalized spacial score (nSPS) is 18.2. The first-order chi connectivity index (χ1) is 14.0. The molecule has 1 aromatic carbocycles. The second-order valence-electron chi connectivity index (χ2n) is 7.14. The number of anilines is 1. The van der Waals surface area contributed by atoms with E-state index in [1.807, 2.05) is 31.2 Å². The van der Waals surface area contributed by atoms with Gasteiger partial charge in [0.05, 0.1) is 12.6 Å². The summed E-state index contributed by atoms with van der Waals surface area (Å²) in [6, 6.07) is 7.45. The number of nitrogens with one attached hydrogen (secondary N) is 1. The average molecular weight is 393 g/mol. The summed E-state index contributed by atoms with van der Waals surface area (Å²) in [4.78, 5) is 39.9. The van der Waals surface area contributed by atoms with E-state index in [4.69, 9.17) is 15.1 Å². The van der Waals surface area contributed by atoms with Gasteiger partial charge in [-0.3, -0.25) is 14.8 Å². The number of amidine groups is 1. The third-order valence-electron chi connectivity index (χ3n) is 5.10. The smallest absolute Gasteiger partial charge is 0.331 e. The largest absolute Gasteiger partial charge is 0.478 e. The number of carbonyl (C=O) groups is 2. The van der Waals surface area contributed by atoms with E-state index in [-0.39, 0.29) is 12.1 Å². The molecule has 2 amide bonds. The van der Waals surface area contributed by atoms with Crippen LogP contribution < -0.4 is 4.90 Å². The number of urea groups is 1. The van der Waals surface area contributed by atoms with Crippen LogP contribution >= 0.6 is 0 Å². The van der Waals surface area contributed by atoms with Crippen molar-refractivity contribution in [1.29, 1.82) is 0 Å². The van der Waals surface area contributed by atoms with Gasteiger partial charge in [-0.2, -0.15) is 0 Å². The van der Waals surface area contributed by atoms with Crippen molar-refractivity contribution >= 4 is 29.7 Å². The van der Waals surface area contributed by atoms with Gasteiger partial charge in [0.15, 0.2) is 11.7 Å². The Hall–Kier alpha value is -3.42. The molecule has 1 atom stereocenters. The molecule has 29 heavy (non-hydrogen) atoms. The van der Waals surface area contributed by atoms with E-state index < -0.39 is 5.97 Å². The Balaban J connectivity index is 1.72. The van der Waals surface area contributed by atoms with Crippen LogP contribution in [0, 0.1) is 0 Å². The van der Waals surface area contributed by atoms with Gasteiger partial charge >= 0.3 is 12.0 Å². The monoisotopic (exact) mass is 393 g/mol. The average Bonchev–Trinajstić information content (AvgIpc) is 3.34. The van der Waals surface area contributed by atoms with E-state index in [9.17, 15) is 9.59 Å². The highest BCUT2D eigenvalue weighted by atomic mass is 16.4. The van der Waals surface area contributed by atoms with Crippen molar-refractivity contribution < 1.29 is 14.7 Å². The molecule has 0 bridgehead atoms. The first-order valence-corrected chi connectivity index (χ1v) is 9.80. The van der Waals surface area contributed by atoms with Crippen molar-refractivity contribution in [2.24, 2.45) is 4.99 Å². The van der Waals surface area contributed by atoms with Gasteiger partial charge in [-0.25, -0.2) is 14.6 Å². The zero-order valence-corrected chi connectivity index (χ0v) is 16.4. The number of nitrogens with zero attached hydrogens (tertiary/aromatic N) is 4. The Kier molecular flexibility index (Phi) is 4.92. The van der Waals surface area contributed by atoms with Crippen LogP contribution in [0.5, 0.6) is 0 Å². The van der Waals surface area contributed by atoms with E-state index >= 15 is 0 Å². The maximum Gasteiger partial charge on any atom is 0.331 e. The summed E-state index contributed by atoms with van der Waals surface area (Å²) < 4.78 is 0. The van der Waals surface area contributed by atoms with E-state index in [0.29, 0.717) is 30.6 Å². The molecule has 1 aromatic heterocycles. The molecule has 0 saturated carbocycles. The molecule has 3 heterocycles. The molecule has 0 radical (unpaired) electrons. The molecule has 0 fully saturated rings. The zero-order chi connectivity index (χ0) is 20.5. The lowest BCUT2D eigenvalue weighted by molar-refractivity contribution is -0.131. The molecular weight excluding hydrogens is 370 g/mol. The highest BCUT2D eigenvalue weighted by Gasteiger charge is 2.41. The fourth-order valence-electron chi connectivity index (χ4n) is 3.60. The van der Waals surface area contributed by atoms with Crippen LogP contribution in [-0.2, 0) is 4.79 Å². The van der Waals surface area contributed by atoms with Crippen molar-refractivity contribution in [1.82, 2.24) is 14.9 Å². The minimum absolute atomic E-state index is 0.0683. The van der Waals surface area contributed by atoms with Gasteiger partial charge in [-0.05, 0) is 24.5 Å². The molecular formula is C21H23N5O3. The number of rotatable bonds is 6. The number of hydrogen-bond acceptors (Lipinski definition) is 4. The molecule has 1 unspecified atom stereocenters. The quantitative estimate of drug-likeness (QED) is 0.735. The van der Waals surface area contributed by atoms with Crippen molar-refractivity contribution in [3.8, 4) is 11.4 Å². The molecule has 8 nitrogen and oxygen atoms in total. The van der Waals surface area contributed by atoms with Gasteiger partial charge in [-0.15, -0.1) is 0 Å². The second kappa shape index (κ2) is 7.54. The van der Waals surface area contributed by atoms with Crippen LogP contribution in [0.4, 0.5) is 10.6 Å². The maximum atomic E-state index is 13.0. The van der Waals surface area contributed by atoms with Crippen molar-refractivity contribution in [3.63, 3.8) is 0 Å². The number of aromatic nitrogens is 2. The van der Waals surface area contributed by atoms with Crippen LogP contribution in [0.1, 0.15) is 37.9 Å². The number of amides is 2. The van der Waals surface area contributed by atoms with Crippen molar-refractivity contribution in [3.05, 3.63) is 41.6 Å². The second-order valence-corrected chi connectivity index (χ2v) is 7.14. The van der Waals surface area contributed by atoms with E-state index in [1.165, 1.54) is 6.08 Å². The minimum atomic E-state index is -0.985. The molecule has 2 N–H and O–H groups in total. The zero-order valence-electron chi connectivity index (χ0n) is 16.4. The standard InChI is InChI=1S/C21H23N5O3/c1-3-11-25-20-17(19-22-15(4-2)12-26(19)21(25)29)23-18(24-20)14-8-5-13(6-9-14)7-10-16(27)28/h5-10,15H,3-4,11-12H2,1-2H3,(H,23,24)(H,27,28)/b10-7+. The van der Waals surface area contributed by atoms with E-state index in [0.717, 1.165) is 35.7 Å². The fourth-order valence-corrected chi connectivity index (χ4v) is 3.60. The fraction of sp³-hybridized carbons (Fsp3) is 0.333. The van der Waals surface area contributed by atoms with Crippen LogP contribution in [-0.4, -0.2) is 56.9 Å². The van der Waals surface area contributed by atoms with Crippen LogP contribution in [0.2, 0.25) is 0 Å². The van der Waals surface area contributed by atoms with E-state index in [2.05, 4.69) is 11.9 Å². The van der Waals surface area contributed by atoms with Gasteiger partial charge in [0.1, 0.15) is 11.5 Å². The number of fused-ring (bicyclic) bond motifs is 3. The lowest BCUT2D eigenvalue weighted by Crippen LogP contribution is -2.50. The van der Waals surface area contributed by atoms with Crippen LogP contribution in [0.3, 0.4) is 0 Å². The van der Waals surface area contributed by atoms with Crippen molar-refractivity contribution in [2.75, 3.05) is 18.0 Å². The number of aliphatic carboxylic acids is 1. The molecule has 2 aliphatic rings. The predicted molar refractivity (Wildman–Crippen MR) is 111 cm³/mol. The molecule has 8 heteroatoms. The van der Waals surface area contributed by atoms with Gasteiger partial charge < -0.3 is 10.1 Å². The summed E-state index contributed by atoms with van der Waals surface area (Å²) >= 11 is 0. The van der Waals surface area contributed by atoms with Crippen LogP contribution in [0.15, 0.2) is 35.3 Å². The van der Waals surface area contributed by atoms with Gasteiger partial charge in [0.2, 0.25) is 0 Å². The predicted octanol–water partition coefficient (Wildman–Crippen LogP) is 3.37. The summed E-state index contributed by atoms with van der Waals surface area (Å²) in [5, 5.41) is 8.75. The lowest BCUT2D eigenvalue weighted by atomic mass is 10.1. The molecule has 2 aliphatic heterocycles. The highest BCUT2D eigenvalue weighted by molar-refractivity contribution is 6.18. The summed E-state index contributed by atoms with van der Waals surface area (Å²) in [6.45, 7) is 5.30. The number of H-pyrrole nitrogens is 1. The SMILES string of the molecule is CCCN1C(=O)N2CC(CC)N=C2c2[nH]c(-c3ccc(/C=C/C(=O)O)cc3)nc21. The lowest BCUT2D eigenvalue weighted by Gasteiger charge is -2.32. The Bertz CT molecular complexity index is 1010. The minimum Gasteiger partial charge on any atom is -0.478 e. The number of carboxylic acid groups (broad SMARTS) is 1. The number of benzene rings is 1. The number of imidazole rings is 1. The summed E-state index contributed by atoms with van der Waals surface area (Å²) in [5.74, 6) is 0.959. The van der Waals surface area contributed by atoms with Crippen molar-refractivity contribution in [2.45, 2.75) is 32.7 Å². The topological polar surface area (TPSA) is 102 Å². The summed E-state index contributed by atoms with van der Waals surface area (Å²) in [6.07, 6.45) is 4.35. The van der Waals surface area contributed by atoms with Crippen LogP contribution in [0.25, 0.3) is 17.5 Å². The molecule has 150 valence electrons. The van der Waals surface area contributed by atoms with Gasteiger partial charge in [0.25, 0.3) is 0 Å². The first kappa shape index (κ1) is 18.9. The molecule has 0 aliphatic carbocycles.